The van der Waals surface area contributed by atoms with Gasteiger partial charge in [0.15, 0.2) is 0 Å². The average Bonchev–Trinajstić information content (AvgIpc) is 3.14. The molecule has 0 aromatic heterocycles. The van der Waals surface area contributed by atoms with E-state index >= 15 is 0 Å². The molecule has 4 fully saturated rings. The van der Waals surface area contributed by atoms with E-state index < -0.39 is 24.2 Å². The Morgan fingerprint density at radius 1 is 1.04 bits per heavy atom. The second-order valence-corrected chi connectivity index (χ2v) is 9.75. The van der Waals surface area contributed by atoms with Gasteiger partial charge in [-0.2, -0.15) is 0 Å². The topological polar surface area (TPSA) is 82.0 Å². The monoisotopic (exact) mass is 394 g/mol. The average molecular weight is 395 g/mol. The Kier molecular flexibility index (Phi) is 6.60. The van der Waals surface area contributed by atoms with Gasteiger partial charge >= 0.3 is 0 Å². The Labute approximate surface area is 169 Å². The van der Waals surface area contributed by atoms with E-state index in [1.54, 1.807) is 0 Å². The minimum absolute atomic E-state index is 0.0438. The van der Waals surface area contributed by atoms with Crippen LogP contribution in [-0.2, 0) is 9.53 Å². The third-order valence-corrected chi connectivity index (χ3v) is 7.85. The molecule has 0 aromatic rings. The SMILES string of the molecule is CC1C(O)CC(O)C(C(=O)N2CC3CCCCC3C2)C1OCC1CCCCN1. The summed E-state index contributed by atoms with van der Waals surface area (Å²) in [6.07, 6.45) is 6.89. The van der Waals surface area contributed by atoms with Crippen LogP contribution in [0, 0.1) is 23.7 Å². The highest BCUT2D eigenvalue weighted by molar-refractivity contribution is 5.80. The number of likely N-dealkylation sites (tertiary alicyclic amines) is 1. The number of hydrogen-bond acceptors (Lipinski definition) is 5. The van der Waals surface area contributed by atoms with E-state index in [4.69, 9.17) is 4.74 Å². The predicted molar refractivity (Wildman–Crippen MR) is 107 cm³/mol. The number of hydrogen-bond donors (Lipinski definition) is 3. The van der Waals surface area contributed by atoms with Gasteiger partial charge in [-0.15, -0.1) is 0 Å². The van der Waals surface area contributed by atoms with Gasteiger partial charge in [-0.1, -0.05) is 26.2 Å². The molecule has 3 N–H and O–H groups in total. The molecule has 0 aromatic carbocycles. The van der Waals surface area contributed by atoms with Crippen molar-refractivity contribution in [1.82, 2.24) is 10.2 Å². The fourth-order valence-electron chi connectivity index (χ4n) is 6.02. The minimum Gasteiger partial charge on any atom is -0.393 e. The maximum Gasteiger partial charge on any atom is 0.230 e. The number of aliphatic hydroxyl groups is 2. The molecule has 2 saturated carbocycles. The lowest BCUT2D eigenvalue weighted by Gasteiger charge is -2.43. The molecule has 2 aliphatic heterocycles. The van der Waals surface area contributed by atoms with Gasteiger partial charge in [0.25, 0.3) is 0 Å². The van der Waals surface area contributed by atoms with Crippen molar-refractivity contribution >= 4 is 5.91 Å². The van der Waals surface area contributed by atoms with Crippen LogP contribution in [0.3, 0.4) is 0 Å². The standard InChI is InChI=1S/C22H38N2O4/c1-14-18(25)10-19(26)20(21(14)28-13-17-8-4-5-9-23-17)22(27)24-11-15-6-2-3-7-16(15)12-24/h14-21,23,25-26H,2-13H2,1H3. The van der Waals surface area contributed by atoms with Gasteiger partial charge in [0.1, 0.15) is 0 Å². The molecule has 4 aliphatic rings. The first kappa shape index (κ1) is 20.6. The summed E-state index contributed by atoms with van der Waals surface area (Å²) in [6, 6.07) is 0.308. The van der Waals surface area contributed by atoms with Crippen molar-refractivity contribution in [2.75, 3.05) is 26.2 Å². The number of fused-ring (bicyclic) bond motifs is 1. The molecule has 8 atom stereocenters. The Hall–Kier alpha value is -0.690. The number of piperidine rings is 1. The van der Waals surface area contributed by atoms with Gasteiger partial charge in [-0.05, 0) is 44.1 Å². The number of nitrogens with one attached hydrogen (secondary N) is 1. The highest BCUT2D eigenvalue weighted by atomic mass is 16.5. The van der Waals surface area contributed by atoms with Crippen molar-refractivity contribution < 1.29 is 19.7 Å². The molecular weight excluding hydrogens is 356 g/mol. The van der Waals surface area contributed by atoms with Crippen LogP contribution < -0.4 is 5.32 Å². The normalized spacial score (nSPS) is 44.3. The quantitative estimate of drug-likeness (QED) is 0.674. The van der Waals surface area contributed by atoms with Crippen LogP contribution in [0.25, 0.3) is 0 Å². The molecule has 8 unspecified atom stereocenters. The molecule has 2 aliphatic carbocycles. The van der Waals surface area contributed by atoms with Crippen molar-refractivity contribution in [3.05, 3.63) is 0 Å². The Balaban J connectivity index is 1.44. The third-order valence-electron chi connectivity index (χ3n) is 7.85. The Bertz CT molecular complexity index is 525. The van der Waals surface area contributed by atoms with Crippen LogP contribution in [0.5, 0.6) is 0 Å². The van der Waals surface area contributed by atoms with Crippen molar-refractivity contribution in [3.8, 4) is 0 Å². The number of nitrogens with zero attached hydrogens (tertiary/aromatic N) is 1. The van der Waals surface area contributed by atoms with Gasteiger partial charge in [0.05, 0.1) is 30.8 Å². The van der Waals surface area contributed by atoms with Gasteiger partial charge in [0, 0.05) is 31.5 Å². The summed E-state index contributed by atoms with van der Waals surface area (Å²) in [6.45, 7) is 5.18. The molecule has 2 heterocycles. The first-order valence-corrected chi connectivity index (χ1v) is 11.5. The molecule has 160 valence electrons. The molecule has 6 heteroatoms. The number of aliphatic hydroxyl groups excluding tert-OH is 2. The summed E-state index contributed by atoms with van der Waals surface area (Å²) in [5.74, 6) is 0.606. The van der Waals surface area contributed by atoms with Crippen molar-refractivity contribution in [1.29, 1.82) is 0 Å². The number of amides is 1. The summed E-state index contributed by atoms with van der Waals surface area (Å²) in [4.78, 5) is 15.5. The molecule has 28 heavy (non-hydrogen) atoms. The Morgan fingerprint density at radius 2 is 1.71 bits per heavy atom. The van der Waals surface area contributed by atoms with E-state index in [-0.39, 0.29) is 18.2 Å². The van der Waals surface area contributed by atoms with Crippen LogP contribution in [0.4, 0.5) is 0 Å². The first-order chi connectivity index (χ1) is 13.5. The summed E-state index contributed by atoms with van der Waals surface area (Å²) < 4.78 is 6.26. The van der Waals surface area contributed by atoms with E-state index in [0.29, 0.717) is 24.5 Å². The number of carbonyl (C=O) groups is 1. The van der Waals surface area contributed by atoms with Gasteiger partial charge < -0.3 is 25.2 Å². The fourth-order valence-corrected chi connectivity index (χ4v) is 6.02. The highest BCUT2D eigenvalue weighted by Gasteiger charge is 2.49. The predicted octanol–water partition coefficient (Wildman–Crippen LogP) is 1.54. The van der Waals surface area contributed by atoms with E-state index in [1.165, 1.54) is 38.5 Å². The van der Waals surface area contributed by atoms with Gasteiger partial charge in [-0.3, -0.25) is 4.79 Å². The van der Waals surface area contributed by atoms with Crippen molar-refractivity contribution in [3.63, 3.8) is 0 Å². The van der Waals surface area contributed by atoms with Crippen molar-refractivity contribution in [2.45, 2.75) is 82.6 Å². The van der Waals surface area contributed by atoms with Gasteiger partial charge in [0.2, 0.25) is 5.91 Å². The molecule has 0 spiro atoms. The Morgan fingerprint density at radius 3 is 2.36 bits per heavy atom. The van der Waals surface area contributed by atoms with E-state index in [0.717, 1.165) is 26.1 Å². The zero-order valence-corrected chi connectivity index (χ0v) is 17.3. The van der Waals surface area contributed by atoms with Crippen LogP contribution >= 0.6 is 0 Å². The van der Waals surface area contributed by atoms with Crippen LogP contribution in [0.2, 0.25) is 0 Å². The van der Waals surface area contributed by atoms with E-state index in [2.05, 4.69) is 5.32 Å². The van der Waals surface area contributed by atoms with Crippen LogP contribution in [0.15, 0.2) is 0 Å². The second kappa shape index (κ2) is 8.99. The molecular formula is C22H38N2O4. The van der Waals surface area contributed by atoms with Crippen LogP contribution in [0.1, 0.15) is 58.3 Å². The highest BCUT2D eigenvalue weighted by Crippen LogP contribution is 2.39. The zero-order chi connectivity index (χ0) is 19.7. The maximum absolute atomic E-state index is 13.5. The third kappa shape index (κ3) is 4.25. The molecule has 0 radical (unpaired) electrons. The smallest absolute Gasteiger partial charge is 0.230 e. The maximum atomic E-state index is 13.5. The lowest BCUT2D eigenvalue weighted by molar-refractivity contribution is -0.168. The first-order valence-electron chi connectivity index (χ1n) is 11.5. The number of ether oxygens (including phenoxy) is 1. The number of carbonyl (C=O) groups excluding carboxylic acids is 1. The van der Waals surface area contributed by atoms with Crippen LogP contribution in [-0.4, -0.2) is 71.6 Å². The second-order valence-electron chi connectivity index (χ2n) is 9.75. The zero-order valence-electron chi connectivity index (χ0n) is 17.3. The lowest BCUT2D eigenvalue weighted by Crippen LogP contribution is -2.56. The molecule has 4 rings (SSSR count). The molecule has 6 nitrogen and oxygen atoms in total. The number of rotatable bonds is 4. The molecule has 2 saturated heterocycles. The molecule has 1 amide bonds. The summed E-state index contributed by atoms with van der Waals surface area (Å²) >= 11 is 0. The van der Waals surface area contributed by atoms with Crippen molar-refractivity contribution in [2.24, 2.45) is 23.7 Å². The van der Waals surface area contributed by atoms with Gasteiger partial charge in [-0.25, -0.2) is 0 Å². The molecule has 0 bridgehead atoms. The fraction of sp³-hybridized carbons (Fsp3) is 0.955. The largest absolute Gasteiger partial charge is 0.393 e. The lowest BCUT2D eigenvalue weighted by atomic mass is 9.75. The summed E-state index contributed by atoms with van der Waals surface area (Å²) in [5, 5.41) is 24.6. The summed E-state index contributed by atoms with van der Waals surface area (Å²) in [7, 11) is 0. The van der Waals surface area contributed by atoms with E-state index in [9.17, 15) is 15.0 Å². The summed E-state index contributed by atoms with van der Waals surface area (Å²) in [5.41, 5.74) is 0. The minimum atomic E-state index is -0.828. The van der Waals surface area contributed by atoms with E-state index in [1.807, 2.05) is 11.8 Å².